The lowest BCUT2D eigenvalue weighted by atomic mass is 9.92. The van der Waals surface area contributed by atoms with E-state index in [9.17, 15) is 9.59 Å². The first-order valence-electron chi connectivity index (χ1n) is 11.3. The molecule has 1 aromatic carbocycles. The number of pyridine rings is 1. The molecule has 1 aromatic heterocycles. The minimum atomic E-state index is -0.471. The Hall–Kier alpha value is -2.89. The second kappa shape index (κ2) is 9.50. The van der Waals surface area contributed by atoms with Crippen molar-refractivity contribution in [2.75, 3.05) is 18.0 Å². The summed E-state index contributed by atoms with van der Waals surface area (Å²) < 4.78 is 0. The van der Waals surface area contributed by atoms with E-state index in [-0.39, 0.29) is 17.7 Å². The molecule has 2 aliphatic heterocycles. The van der Waals surface area contributed by atoms with Crippen molar-refractivity contribution in [3.8, 4) is 0 Å². The Balaban J connectivity index is 1.46. The van der Waals surface area contributed by atoms with Crippen LogP contribution in [0.5, 0.6) is 0 Å². The normalized spacial score (nSPS) is 18.2. The number of anilines is 1. The van der Waals surface area contributed by atoms with Crippen molar-refractivity contribution >= 4 is 17.6 Å². The van der Waals surface area contributed by atoms with Gasteiger partial charge >= 0.3 is 0 Å². The minimum Gasteiger partial charge on any atom is -0.357 e. The van der Waals surface area contributed by atoms with Gasteiger partial charge in [0.1, 0.15) is 11.9 Å². The molecule has 1 saturated heterocycles. The summed E-state index contributed by atoms with van der Waals surface area (Å²) in [5, 5.41) is 3.08. The first-order valence-corrected chi connectivity index (χ1v) is 11.3. The molecule has 6 nitrogen and oxygen atoms in total. The zero-order valence-corrected chi connectivity index (χ0v) is 18.5. The van der Waals surface area contributed by atoms with Crippen LogP contribution in [0.4, 0.5) is 5.82 Å². The number of nitrogens with one attached hydrogen (secondary N) is 1. The summed E-state index contributed by atoms with van der Waals surface area (Å²) in [5.41, 5.74) is 3.31. The molecule has 6 heteroatoms. The number of amides is 2. The summed E-state index contributed by atoms with van der Waals surface area (Å²) in [6.45, 7) is 7.08. The maximum absolute atomic E-state index is 13.2. The van der Waals surface area contributed by atoms with Crippen molar-refractivity contribution in [3.63, 3.8) is 0 Å². The highest BCUT2D eigenvalue weighted by Gasteiger charge is 2.34. The number of aromatic nitrogens is 1. The van der Waals surface area contributed by atoms with Crippen molar-refractivity contribution in [2.24, 2.45) is 5.92 Å². The molecule has 1 fully saturated rings. The smallest absolute Gasteiger partial charge is 0.243 e. The first kappa shape index (κ1) is 21.3. The van der Waals surface area contributed by atoms with Crippen LogP contribution in [-0.2, 0) is 29.1 Å². The van der Waals surface area contributed by atoms with Crippen LogP contribution in [0.15, 0.2) is 42.6 Å². The second-order valence-corrected chi connectivity index (χ2v) is 9.04. The van der Waals surface area contributed by atoms with Crippen molar-refractivity contribution in [1.29, 1.82) is 0 Å². The molecule has 31 heavy (non-hydrogen) atoms. The van der Waals surface area contributed by atoms with Crippen LogP contribution in [0.3, 0.4) is 0 Å². The third-order valence-corrected chi connectivity index (χ3v) is 6.16. The molecule has 0 saturated carbocycles. The maximum Gasteiger partial charge on any atom is 0.243 e. The molecular weight excluding hydrogens is 388 g/mol. The number of fused-ring (bicyclic) bond motifs is 1. The van der Waals surface area contributed by atoms with Crippen LogP contribution < -0.4 is 10.2 Å². The van der Waals surface area contributed by atoms with E-state index in [0.29, 0.717) is 25.9 Å². The highest BCUT2D eigenvalue weighted by molar-refractivity contribution is 5.88. The lowest BCUT2D eigenvalue weighted by Crippen LogP contribution is -2.52. The SMILES string of the molecule is CC(C)CC(=O)N1Cc2ccccc2CC1C(=O)NCc1ccnc(N2CCCC2)c1. The first-order chi connectivity index (χ1) is 15.0. The average Bonchev–Trinajstić information content (AvgIpc) is 3.31. The van der Waals surface area contributed by atoms with E-state index in [1.54, 1.807) is 4.90 Å². The maximum atomic E-state index is 13.2. The monoisotopic (exact) mass is 420 g/mol. The quantitative estimate of drug-likeness (QED) is 0.779. The molecule has 1 atom stereocenters. The van der Waals surface area contributed by atoms with Crippen LogP contribution in [-0.4, -0.2) is 40.8 Å². The van der Waals surface area contributed by atoms with Gasteiger partial charge in [-0.15, -0.1) is 0 Å². The third kappa shape index (κ3) is 5.06. The highest BCUT2D eigenvalue weighted by atomic mass is 16.2. The van der Waals surface area contributed by atoms with Gasteiger partial charge in [-0.1, -0.05) is 38.1 Å². The van der Waals surface area contributed by atoms with E-state index in [2.05, 4.69) is 33.4 Å². The van der Waals surface area contributed by atoms with Crippen LogP contribution in [0.25, 0.3) is 0 Å². The Morgan fingerprint density at radius 3 is 2.61 bits per heavy atom. The van der Waals surface area contributed by atoms with Crippen LogP contribution >= 0.6 is 0 Å². The van der Waals surface area contributed by atoms with E-state index in [0.717, 1.165) is 35.6 Å². The molecule has 2 amide bonds. The second-order valence-electron chi connectivity index (χ2n) is 9.04. The zero-order valence-electron chi connectivity index (χ0n) is 18.5. The Morgan fingerprint density at radius 1 is 1.13 bits per heavy atom. The molecule has 2 aromatic rings. The van der Waals surface area contributed by atoms with Crippen molar-refractivity contribution < 1.29 is 9.59 Å². The van der Waals surface area contributed by atoms with E-state index in [1.807, 2.05) is 38.2 Å². The molecule has 3 heterocycles. The predicted molar refractivity (Wildman–Crippen MR) is 121 cm³/mol. The Bertz CT molecular complexity index is 937. The standard InChI is InChI=1S/C25H32N4O2/c1-18(2)13-24(30)29-17-21-8-4-3-7-20(21)15-22(29)25(31)27-16-19-9-10-26-23(14-19)28-11-5-6-12-28/h3-4,7-10,14,18,22H,5-6,11-13,15-17H2,1-2H3,(H,27,31). The molecule has 1 N–H and O–H groups in total. The summed E-state index contributed by atoms with van der Waals surface area (Å²) in [6, 6.07) is 11.6. The molecular formula is C25H32N4O2. The van der Waals surface area contributed by atoms with Gasteiger partial charge in [0, 0.05) is 45.2 Å². The molecule has 0 bridgehead atoms. The molecule has 4 rings (SSSR count). The van der Waals surface area contributed by atoms with Gasteiger partial charge in [-0.25, -0.2) is 4.98 Å². The summed E-state index contributed by atoms with van der Waals surface area (Å²) in [6.07, 6.45) is 5.22. The molecule has 0 aliphatic carbocycles. The fourth-order valence-corrected chi connectivity index (χ4v) is 4.48. The Labute approximate surface area is 184 Å². The van der Waals surface area contributed by atoms with Crippen LogP contribution in [0.2, 0.25) is 0 Å². The summed E-state index contributed by atoms with van der Waals surface area (Å²) in [4.78, 5) is 34.7. The minimum absolute atomic E-state index is 0.0462. The largest absolute Gasteiger partial charge is 0.357 e. The molecule has 2 aliphatic rings. The van der Waals surface area contributed by atoms with Gasteiger partial charge in [0.2, 0.25) is 11.8 Å². The van der Waals surface area contributed by atoms with Gasteiger partial charge in [-0.05, 0) is 47.6 Å². The van der Waals surface area contributed by atoms with Crippen LogP contribution in [0, 0.1) is 5.92 Å². The van der Waals surface area contributed by atoms with Crippen molar-refractivity contribution in [3.05, 3.63) is 59.3 Å². The molecule has 1 unspecified atom stereocenters. The lowest BCUT2D eigenvalue weighted by Gasteiger charge is -2.36. The topological polar surface area (TPSA) is 65.5 Å². The number of rotatable bonds is 6. The van der Waals surface area contributed by atoms with E-state index < -0.39 is 6.04 Å². The third-order valence-electron chi connectivity index (χ3n) is 6.16. The average molecular weight is 421 g/mol. The zero-order chi connectivity index (χ0) is 21.8. The van der Waals surface area contributed by atoms with Gasteiger partial charge < -0.3 is 15.1 Å². The van der Waals surface area contributed by atoms with Gasteiger partial charge in [0.25, 0.3) is 0 Å². The number of benzene rings is 1. The summed E-state index contributed by atoms with van der Waals surface area (Å²) in [7, 11) is 0. The highest BCUT2D eigenvalue weighted by Crippen LogP contribution is 2.25. The van der Waals surface area contributed by atoms with Gasteiger partial charge in [-0.2, -0.15) is 0 Å². The molecule has 0 spiro atoms. The fraction of sp³-hybridized carbons (Fsp3) is 0.480. The number of nitrogens with zero attached hydrogens (tertiary/aromatic N) is 3. The van der Waals surface area contributed by atoms with Gasteiger partial charge in [0.15, 0.2) is 0 Å². The fourth-order valence-electron chi connectivity index (χ4n) is 4.48. The van der Waals surface area contributed by atoms with E-state index in [1.165, 1.54) is 12.8 Å². The van der Waals surface area contributed by atoms with E-state index in [4.69, 9.17) is 0 Å². The molecule has 0 radical (unpaired) electrons. The number of hydrogen-bond acceptors (Lipinski definition) is 4. The van der Waals surface area contributed by atoms with E-state index >= 15 is 0 Å². The predicted octanol–water partition coefficient (Wildman–Crippen LogP) is 3.30. The van der Waals surface area contributed by atoms with Gasteiger partial charge in [-0.3, -0.25) is 9.59 Å². The lowest BCUT2D eigenvalue weighted by molar-refractivity contribution is -0.142. The summed E-state index contributed by atoms with van der Waals surface area (Å²) >= 11 is 0. The van der Waals surface area contributed by atoms with Crippen molar-refractivity contribution in [2.45, 2.75) is 58.7 Å². The van der Waals surface area contributed by atoms with Crippen LogP contribution in [0.1, 0.15) is 49.8 Å². The summed E-state index contributed by atoms with van der Waals surface area (Å²) in [5.74, 6) is 1.19. The number of carbonyl (C=O) groups is 2. The Kier molecular flexibility index (Phi) is 6.54. The molecule has 164 valence electrons. The van der Waals surface area contributed by atoms with Gasteiger partial charge in [0.05, 0.1) is 0 Å². The Morgan fingerprint density at radius 2 is 1.87 bits per heavy atom. The number of hydrogen-bond donors (Lipinski definition) is 1. The number of carbonyl (C=O) groups excluding carboxylic acids is 2. The van der Waals surface area contributed by atoms with Crippen molar-refractivity contribution in [1.82, 2.24) is 15.2 Å².